The highest BCUT2D eigenvalue weighted by molar-refractivity contribution is 7.91. The molecule has 14 heavy (non-hydrogen) atoms. The molecule has 0 amide bonds. The maximum atomic E-state index is 11.1. The van der Waals surface area contributed by atoms with E-state index < -0.39 is 20.6 Å². The molecule has 0 aromatic heterocycles. The summed E-state index contributed by atoms with van der Waals surface area (Å²) in [5, 5.41) is 3.03. The summed E-state index contributed by atoms with van der Waals surface area (Å²) in [6, 6.07) is 0.105. The Morgan fingerprint density at radius 1 is 1.43 bits per heavy atom. The molecule has 0 aromatic rings. The van der Waals surface area contributed by atoms with Gasteiger partial charge in [0.15, 0.2) is 9.84 Å². The average molecular weight is 241 g/mol. The van der Waals surface area contributed by atoms with Crippen LogP contribution in [0.25, 0.3) is 0 Å². The van der Waals surface area contributed by atoms with Crippen molar-refractivity contribution in [3.05, 3.63) is 0 Å². The van der Waals surface area contributed by atoms with Crippen molar-refractivity contribution in [1.29, 1.82) is 0 Å². The zero-order valence-electron chi connectivity index (χ0n) is 8.95. The molecule has 86 valence electrons. The van der Waals surface area contributed by atoms with Crippen molar-refractivity contribution >= 4 is 20.6 Å². The fourth-order valence-corrected chi connectivity index (χ4v) is 2.56. The first kappa shape index (κ1) is 14.1. The van der Waals surface area contributed by atoms with Gasteiger partial charge in [-0.3, -0.25) is 4.21 Å². The van der Waals surface area contributed by atoms with Gasteiger partial charge in [-0.25, -0.2) is 8.42 Å². The lowest BCUT2D eigenvalue weighted by molar-refractivity contribution is 0.579. The Labute approximate surface area is 88.8 Å². The highest BCUT2D eigenvalue weighted by Gasteiger charge is 2.08. The van der Waals surface area contributed by atoms with E-state index in [0.29, 0.717) is 12.3 Å². The lowest BCUT2D eigenvalue weighted by Crippen LogP contribution is -2.34. The van der Waals surface area contributed by atoms with Crippen molar-refractivity contribution in [3.63, 3.8) is 0 Å². The maximum Gasteiger partial charge on any atom is 0.151 e. The normalized spacial score (nSPS) is 16.5. The summed E-state index contributed by atoms with van der Waals surface area (Å²) in [4.78, 5) is 0. The molecule has 0 aliphatic rings. The second-order valence-corrected chi connectivity index (χ2v) is 7.28. The van der Waals surface area contributed by atoms with Gasteiger partial charge < -0.3 is 5.32 Å². The molecular weight excluding hydrogens is 222 g/mol. The van der Waals surface area contributed by atoms with Gasteiger partial charge in [-0.05, 0) is 6.92 Å². The van der Waals surface area contributed by atoms with Gasteiger partial charge in [0.05, 0.1) is 5.75 Å². The van der Waals surface area contributed by atoms with E-state index in [1.54, 1.807) is 13.2 Å². The van der Waals surface area contributed by atoms with Crippen molar-refractivity contribution in [2.24, 2.45) is 0 Å². The molecule has 0 rings (SSSR count). The van der Waals surface area contributed by atoms with Crippen LogP contribution in [0.15, 0.2) is 0 Å². The molecule has 6 heteroatoms. The third-order valence-electron chi connectivity index (χ3n) is 1.83. The molecule has 0 bridgehead atoms. The third-order valence-corrected chi connectivity index (χ3v) is 4.51. The van der Waals surface area contributed by atoms with E-state index in [9.17, 15) is 12.6 Å². The van der Waals surface area contributed by atoms with Gasteiger partial charge >= 0.3 is 0 Å². The first-order valence-corrected chi connectivity index (χ1v) is 8.16. The molecule has 0 aromatic carbocycles. The maximum absolute atomic E-state index is 11.1. The Morgan fingerprint density at radius 2 is 2.00 bits per heavy atom. The van der Waals surface area contributed by atoms with Crippen molar-refractivity contribution in [3.8, 4) is 0 Å². The fourth-order valence-electron chi connectivity index (χ4n) is 1.02. The summed E-state index contributed by atoms with van der Waals surface area (Å²) < 4.78 is 33.0. The summed E-state index contributed by atoms with van der Waals surface area (Å²) in [5.74, 6) is 0.902. The topological polar surface area (TPSA) is 63.2 Å². The molecular formula is C8H19NO3S2. The standard InChI is InChI=1S/C8H19NO3S2/c1-4-14(11,12)6-5-9-8(2)7-13(3)10/h8-9H,4-7H2,1-3H3. The van der Waals surface area contributed by atoms with Gasteiger partial charge in [-0.15, -0.1) is 0 Å². The third kappa shape index (κ3) is 7.46. The Kier molecular flexibility index (Phi) is 6.55. The molecule has 1 N–H and O–H groups in total. The predicted octanol–water partition coefficient (Wildman–Crippen LogP) is -0.222. The SMILES string of the molecule is CCS(=O)(=O)CCNC(C)CS(C)=O. The molecule has 2 atom stereocenters. The summed E-state index contributed by atoms with van der Waals surface area (Å²) in [6.07, 6.45) is 1.64. The van der Waals surface area contributed by atoms with Crippen LogP contribution in [-0.4, -0.2) is 48.7 Å². The van der Waals surface area contributed by atoms with Crippen LogP contribution in [0.5, 0.6) is 0 Å². The molecule has 4 nitrogen and oxygen atoms in total. The van der Waals surface area contributed by atoms with E-state index in [1.807, 2.05) is 6.92 Å². The zero-order chi connectivity index (χ0) is 11.2. The molecule has 0 spiro atoms. The van der Waals surface area contributed by atoms with Crippen LogP contribution in [0, 0.1) is 0 Å². The van der Waals surface area contributed by atoms with Crippen LogP contribution in [-0.2, 0) is 20.6 Å². The van der Waals surface area contributed by atoms with Crippen LogP contribution >= 0.6 is 0 Å². The number of sulfone groups is 1. The van der Waals surface area contributed by atoms with Gasteiger partial charge in [0.1, 0.15) is 0 Å². The van der Waals surface area contributed by atoms with Crippen LogP contribution in [0.4, 0.5) is 0 Å². The monoisotopic (exact) mass is 241 g/mol. The van der Waals surface area contributed by atoms with Crippen molar-refractivity contribution in [2.45, 2.75) is 19.9 Å². The second-order valence-electron chi connectivity index (χ2n) is 3.33. The summed E-state index contributed by atoms with van der Waals surface area (Å²) in [5.41, 5.74) is 0. The van der Waals surface area contributed by atoms with Crippen LogP contribution in [0.3, 0.4) is 0 Å². The van der Waals surface area contributed by atoms with Gasteiger partial charge in [-0.2, -0.15) is 0 Å². The Morgan fingerprint density at radius 3 is 2.43 bits per heavy atom. The van der Waals surface area contributed by atoms with Gasteiger partial charge in [0.2, 0.25) is 0 Å². The number of hydrogen-bond acceptors (Lipinski definition) is 4. The average Bonchev–Trinajstić information content (AvgIpc) is 2.02. The van der Waals surface area contributed by atoms with Gasteiger partial charge in [0, 0.05) is 41.1 Å². The number of rotatable bonds is 7. The summed E-state index contributed by atoms with van der Waals surface area (Å²) >= 11 is 0. The molecule has 0 radical (unpaired) electrons. The first-order chi connectivity index (χ1) is 6.37. The van der Waals surface area contributed by atoms with Crippen LogP contribution in [0.1, 0.15) is 13.8 Å². The molecule has 0 saturated heterocycles. The Balaban J connectivity index is 3.69. The van der Waals surface area contributed by atoms with Crippen LogP contribution < -0.4 is 5.32 Å². The molecule has 0 aliphatic carbocycles. The summed E-state index contributed by atoms with van der Waals surface area (Å²) in [6.45, 7) is 3.98. The lowest BCUT2D eigenvalue weighted by atomic mass is 10.4. The lowest BCUT2D eigenvalue weighted by Gasteiger charge is -2.11. The highest BCUT2D eigenvalue weighted by atomic mass is 32.2. The quantitative estimate of drug-likeness (QED) is 0.669. The minimum absolute atomic E-state index is 0.105. The highest BCUT2D eigenvalue weighted by Crippen LogP contribution is 1.89. The zero-order valence-corrected chi connectivity index (χ0v) is 10.6. The van der Waals surface area contributed by atoms with E-state index >= 15 is 0 Å². The second kappa shape index (κ2) is 6.53. The number of hydrogen-bond donors (Lipinski definition) is 1. The summed E-state index contributed by atoms with van der Waals surface area (Å²) in [7, 11) is -3.72. The van der Waals surface area contributed by atoms with Crippen LogP contribution in [0.2, 0.25) is 0 Å². The Hall–Kier alpha value is 0.0600. The molecule has 0 heterocycles. The van der Waals surface area contributed by atoms with Crippen molar-refractivity contribution < 1.29 is 12.6 Å². The van der Waals surface area contributed by atoms with Crippen molar-refractivity contribution in [2.75, 3.05) is 30.1 Å². The fraction of sp³-hybridized carbons (Fsp3) is 1.00. The van der Waals surface area contributed by atoms with E-state index in [4.69, 9.17) is 0 Å². The molecule has 0 fully saturated rings. The molecule has 0 saturated carbocycles. The largest absolute Gasteiger partial charge is 0.312 e. The minimum Gasteiger partial charge on any atom is -0.312 e. The smallest absolute Gasteiger partial charge is 0.151 e. The van der Waals surface area contributed by atoms with Gasteiger partial charge in [0.25, 0.3) is 0 Å². The number of nitrogens with one attached hydrogen (secondary N) is 1. The van der Waals surface area contributed by atoms with Gasteiger partial charge in [-0.1, -0.05) is 6.92 Å². The molecule has 2 unspecified atom stereocenters. The first-order valence-electron chi connectivity index (χ1n) is 4.61. The van der Waals surface area contributed by atoms with E-state index in [2.05, 4.69) is 5.32 Å². The van der Waals surface area contributed by atoms with E-state index in [0.717, 1.165) is 0 Å². The van der Waals surface area contributed by atoms with E-state index in [-0.39, 0.29) is 17.5 Å². The minimum atomic E-state index is -2.88. The van der Waals surface area contributed by atoms with E-state index in [1.165, 1.54) is 0 Å². The Bertz CT molecular complexity index is 274. The predicted molar refractivity (Wildman–Crippen MR) is 60.7 cm³/mol. The molecule has 0 aliphatic heterocycles. The van der Waals surface area contributed by atoms with Crippen molar-refractivity contribution in [1.82, 2.24) is 5.32 Å².